The van der Waals surface area contributed by atoms with Crippen molar-refractivity contribution in [2.45, 2.75) is 51.5 Å². The molecule has 1 atom stereocenters. The maximum absolute atomic E-state index is 12.0. The van der Waals surface area contributed by atoms with Crippen LogP contribution in [0.3, 0.4) is 0 Å². The molecule has 1 aromatic carbocycles. The van der Waals surface area contributed by atoms with E-state index in [1.54, 1.807) is 7.11 Å². The van der Waals surface area contributed by atoms with Crippen molar-refractivity contribution in [1.82, 2.24) is 5.32 Å². The Hall–Kier alpha value is -1.03. The smallest absolute Gasteiger partial charge is 0.220 e. The Morgan fingerprint density at radius 3 is 2.76 bits per heavy atom. The van der Waals surface area contributed by atoms with Crippen molar-refractivity contribution >= 4 is 21.8 Å². The van der Waals surface area contributed by atoms with E-state index in [1.807, 2.05) is 25.1 Å². The van der Waals surface area contributed by atoms with Gasteiger partial charge >= 0.3 is 0 Å². The summed E-state index contributed by atoms with van der Waals surface area (Å²) in [6.07, 6.45) is 6.95. The number of rotatable bonds is 6. The van der Waals surface area contributed by atoms with E-state index in [2.05, 4.69) is 21.2 Å². The van der Waals surface area contributed by atoms with Crippen molar-refractivity contribution in [2.75, 3.05) is 7.11 Å². The molecule has 0 radical (unpaired) electrons. The van der Waals surface area contributed by atoms with Crippen LogP contribution in [0.1, 0.15) is 57.1 Å². The van der Waals surface area contributed by atoms with Gasteiger partial charge in [-0.15, -0.1) is 0 Å². The summed E-state index contributed by atoms with van der Waals surface area (Å²) in [5, 5.41) is 3.08. The zero-order valence-corrected chi connectivity index (χ0v) is 14.4. The molecular formula is C17H24BrNO2. The molecule has 0 bridgehead atoms. The minimum atomic E-state index is 0.0169. The zero-order chi connectivity index (χ0) is 15.2. The molecule has 1 N–H and O–H groups in total. The summed E-state index contributed by atoms with van der Waals surface area (Å²) in [5.74, 6) is 1.72. The standard InChI is InChI=1S/C17H24BrNO2/c1-12(14-8-9-16(21-2)15(18)11-14)19-17(20)10-7-13-5-3-4-6-13/h8-9,11-13H,3-7,10H2,1-2H3,(H,19,20). The maximum atomic E-state index is 12.0. The Labute approximate surface area is 135 Å². The first kappa shape index (κ1) is 16.3. The van der Waals surface area contributed by atoms with E-state index >= 15 is 0 Å². The number of carbonyl (C=O) groups is 1. The Morgan fingerprint density at radius 1 is 1.43 bits per heavy atom. The molecule has 4 heteroatoms. The fraction of sp³-hybridized carbons (Fsp3) is 0.588. The van der Waals surface area contributed by atoms with Gasteiger partial charge in [0.25, 0.3) is 0 Å². The number of hydrogen-bond acceptors (Lipinski definition) is 2. The molecule has 2 rings (SSSR count). The highest BCUT2D eigenvalue weighted by atomic mass is 79.9. The average molecular weight is 354 g/mol. The molecule has 0 saturated heterocycles. The highest BCUT2D eigenvalue weighted by Crippen LogP contribution is 2.29. The topological polar surface area (TPSA) is 38.3 Å². The van der Waals surface area contributed by atoms with Gasteiger partial charge in [-0.3, -0.25) is 4.79 Å². The Kier molecular flexibility index (Phi) is 6.09. The van der Waals surface area contributed by atoms with Crippen LogP contribution in [0.25, 0.3) is 0 Å². The predicted molar refractivity (Wildman–Crippen MR) is 88.4 cm³/mol. The Bertz CT molecular complexity index is 484. The van der Waals surface area contributed by atoms with Crippen LogP contribution in [0, 0.1) is 5.92 Å². The first-order valence-corrected chi connectivity index (χ1v) is 8.52. The van der Waals surface area contributed by atoms with Crippen LogP contribution in [0.2, 0.25) is 0 Å². The van der Waals surface area contributed by atoms with Gasteiger partial charge in [-0.25, -0.2) is 0 Å². The third kappa shape index (κ3) is 4.73. The molecule has 0 spiro atoms. The van der Waals surface area contributed by atoms with Gasteiger partial charge in [-0.2, -0.15) is 0 Å². The number of carbonyl (C=O) groups excluding carboxylic acids is 1. The molecule has 116 valence electrons. The number of methoxy groups -OCH3 is 1. The lowest BCUT2D eigenvalue weighted by atomic mass is 10.0. The number of hydrogen-bond donors (Lipinski definition) is 1. The van der Waals surface area contributed by atoms with Gasteiger partial charge in [-0.05, 0) is 52.9 Å². The highest BCUT2D eigenvalue weighted by Gasteiger charge is 2.17. The van der Waals surface area contributed by atoms with Crippen LogP contribution in [-0.4, -0.2) is 13.0 Å². The first-order chi connectivity index (χ1) is 10.1. The first-order valence-electron chi connectivity index (χ1n) is 7.73. The van der Waals surface area contributed by atoms with Gasteiger partial charge in [-0.1, -0.05) is 31.7 Å². The van der Waals surface area contributed by atoms with Crippen LogP contribution in [0.5, 0.6) is 5.75 Å². The van der Waals surface area contributed by atoms with Crippen LogP contribution in [0.15, 0.2) is 22.7 Å². The number of ether oxygens (including phenoxy) is 1. The van der Waals surface area contributed by atoms with Crippen molar-refractivity contribution in [3.05, 3.63) is 28.2 Å². The molecule has 0 heterocycles. The lowest BCUT2D eigenvalue weighted by Crippen LogP contribution is -2.26. The van der Waals surface area contributed by atoms with Gasteiger partial charge in [0.2, 0.25) is 5.91 Å². The molecule has 0 aliphatic heterocycles. The van der Waals surface area contributed by atoms with Gasteiger partial charge in [0.1, 0.15) is 5.75 Å². The van der Waals surface area contributed by atoms with Gasteiger partial charge < -0.3 is 10.1 Å². The van der Waals surface area contributed by atoms with Gasteiger partial charge in [0.05, 0.1) is 17.6 Å². The molecular weight excluding hydrogens is 330 g/mol. The second kappa shape index (κ2) is 7.83. The predicted octanol–water partition coefficient (Wildman–Crippen LogP) is 4.61. The van der Waals surface area contributed by atoms with E-state index < -0.39 is 0 Å². The SMILES string of the molecule is COc1ccc(C(C)NC(=O)CCC2CCCC2)cc1Br. The zero-order valence-electron chi connectivity index (χ0n) is 12.8. The van der Waals surface area contributed by atoms with Crippen molar-refractivity contribution in [3.8, 4) is 5.75 Å². The van der Waals surface area contributed by atoms with Crippen molar-refractivity contribution in [1.29, 1.82) is 0 Å². The summed E-state index contributed by atoms with van der Waals surface area (Å²) >= 11 is 3.48. The van der Waals surface area contributed by atoms with E-state index in [1.165, 1.54) is 25.7 Å². The van der Waals surface area contributed by atoms with Crippen LogP contribution >= 0.6 is 15.9 Å². The summed E-state index contributed by atoms with van der Waals surface area (Å²) in [7, 11) is 1.65. The summed E-state index contributed by atoms with van der Waals surface area (Å²) in [5.41, 5.74) is 1.08. The molecule has 1 aliphatic rings. The number of nitrogens with one attached hydrogen (secondary N) is 1. The second-order valence-corrected chi connectivity index (χ2v) is 6.73. The molecule has 1 unspecified atom stereocenters. The lowest BCUT2D eigenvalue weighted by molar-refractivity contribution is -0.122. The summed E-state index contributed by atoms with van der Waals surface area (Å²) in [6.45, 7) is 2.02. The minimum Gasteiger partial charge on any atom is -0.496 e. The van der Waals surface area contributed by atoms with Crippen molar-refractivity contribution < 1.29 is 9.53 Å². The molecule has 21 heavy (non-hydrogen) atoms. The summed E-state index contributed by atoms with van der Waals surface area (Å²) in [6, 6.07) is 5.93. The summed E-state index contributed by atoms with van der Waals surface area (Å²) < 4.78 is 6.13. The number of benzene rings is 1. The van der Waals surface area contributed by atoms with Gasteiger partial charge in [0.15, 0.2) is 0 Å². The quantitative estimate of drug-likeness (QED) is 0.810. The van der Waals surface area contributed by atoms with Crippen LogP contribution in [0.4, 0.5) is 0 Å². The fourth-order valence-corrected chi connectivity index (χ4v) is 3.54. The van der Waals surface area contributed by atoms with E-state index in [0.717, 1.165) is 28.1 Å². The van der Waals surface area contributed by atoms with E-state index in [0.29, 0.717) is 6.42 Å². The van der Waals surface area contributed by atoms with E-state index in [4.69, 9.17) is 4.74 Å². The number of halogens is 1. The van der Waals surface area contributed by atoms with Crippen molar-refractivity contribution in [3.63, 3.8) is 0 Å². The van der Waals surface area contributed by atoms with Crippen molar-refractivity contribution in [2.24, 2.45) is 5.92 Å². The monoisotopic (exact) mass is 353 g/mol. The average Bonchev–Trinajstić information content (AvgIpc) is 2.98. The molecule has 1 saturated carbocycles. The second-order valence-electron chi connectivity index (χ2n) is 5.87. The van der Waals surface area contributed by atoms with Gasteiger partial charge in [0, 0.05) is 6.42 Å². The summed E-state index contributed by atoms with van der Waals surface area (Å²) in [4.78, 5) is 12.0. The lowest BCUT2D eigenvalue weighted by Gasteiger charge is -2.16. The highest BCUT2D eigenvalue weighted by molar-refractivity contribution is 9.10. The molecule has 1 amide bonds. The van der Waals surface area contributed by atoms with E-state index in [-0.39, 0.29) is 11.9 Å². The molecule has 1 fully saturated rings. The molecule has 1 aliphatic carbocycles. The largest absolute Gasteiger partial charge is 0.496 e. The molecule has 0 aromatic heterocycles. The molecule has 1 aromatic rings. The molecule has 3 nitrogen and oxygen atoms in total. The number of amides is 1. The third-order valence-electron chi connectivity index (χ3n) is 4.31. The Balaban J connectivity index is 1.83. The fourth-order valence-electron chi connectivity index (χ4n) is 2.98. The van der Waals surface area contributed by atoms with Crippen LogP contribution in [-0.2, 0) is 4.79 Å². The van der Waals surface area contributed by atoms with Crippen LogP contribution < -0.4 is 10.1 Å². The normalized spacial score (nSPS) is 16.7. The Morgan fingerprint density at radius 2 is 2.14 bits per heavy atom. The minimum absolute atomic E-state index is 0.0169. The third-order valence-corrected chi connectivity index (χ3v) is 4.93. The maximum Gasteiger partial charge on any atom is 0.220 e. The van der Waals surface area contributed by atoms with E-state index in [9.17, 15) is 4.79 Å².